The highest BCUT2D eigenvalue weighted by Crippen LogP contribution is 2.34. The van der Waals surface area contributed by atoms with Crippen LogP contribution in [0.4, 0.5) is 17.5 Å². The average Bonchev–Trinajstić information content (AvgIpc) is 2.36. The summed E-state index contributed by atoms with van der Waals surface area (Å²) in [5, 5.41) is 11.3. The molecule has 1 saturated carbocycles. The summed E-state index contributed by atoms with van der Waals surface area (Å²) in [7, 11) is 1.86. The molecule has 1 aromatic heterocycles. The third-order valence-corrected chi connectivity index (χ3v) is 4.03. The molecule has 2 N–H and O–H groups in total. The minimum absolute atomic E-state index is 0.0417. The number of rotatable bonds is 3. The van der Waals surface area contributed by atoms with Gasteiger partial charge >= 0.3 is 5.69 Å². The van der Waals surface area contributed by atoms with Crippen LogP contribution in [0.25, 0.3) is 0 Å². The second-order valence-electron chi connectivity index (χ2n) is 5.63. The fourth-order valence-electron chi connectivity index (χ4n) is 2.96. The molecule has 20 heavy (non-hydrogen) atoms. The first kappa shape index (κ1) is 14.5. The predicted molar refractivity (Wildman–Crippen MR) is 77.7 cm³/mol. The van der Waals surface area contributed by atoms with Gasteiger partial charge in [-0.3, -0.25) is 10.1 Å². The summed E-state index contributed by atoms with van der Waals surface area (Å²) in [6, 6.07) is 0.270. The Morgan fingerprint density at radius 2 is 2.10 bits per heavy atom. The van der Waals surface area contributed by atoms with Crippen LogP contribution in [0.1, 0.15) is 38.3 Å². The zero-order chi connectivity index (χ0) is 14.9. The Morgan fingerprint density at radius 3 is 2.70 bits per heavy atom. The molecule has 2 unspecified atom stereocenters. The summed E-state index contributed by atoms with van der Waals surface area (Å²) >= 11 is 0. The van der Waals surface area contributed by atoms with Crippen LogP contribution in [0.15, 0.2) is 0 Å². The maximum absolute atomic E-state index is 11.3. The Bertz CT molecular complexity index is 520. The molecule has 1 aliphatic carbocycles. The number of anilines is 2. The number of aryl methyl sites for hydroxylation is 1. The smallest absolute Gasteiger partial charge is 0.332 e. The zero-order valence-electron chi connectivity index (χ0n) is 12.2. The summed E-state index contributed by atoms with van der Waals surface area (Å²) in [5.41, 5.74) is 5.92. The number of nitro groups is 1. The molecule has 7 nitrogen and oxygen atoms in total. The molecule has 0 aliphatic heterocycles. The van der Waals surface area contributed by atoms with Gasteiger partial charge in [-0.2, -0.15) is 4.98 Å². The number of nitrogen functional groups attached to an aromatic ring is 1. The van der Waals surface area contributed by atoms with Crippen molar-refractivity contribution < 1.29 is 4.92 Å². The van der Waals surface area contributed by atoms with E-state index in [2.05, 4.69) is 16.9 Å². The first-order valence-electron chi connectivity index (χ1n) is 6.91. The molecule has 1 aromatic rings. The molecule has 0 radical (unpaired) electrons. The Morgan fingerprint density at radius 1 is 1.40 bits per heavy atom. The SMILES string of the molecule is Cc1nc(N)nc(N(C)C2CCCC(C)C2)c1[N+](=O)[O-]. The topological polar surface area (TPSA) is 98.2 Å². The van der Waals surface area contributed by atoms with Crippen LogP contribution in [0.2, 0.25) is 0 Å². The number of nitrogens with zero attached hydrogens (tertiary/aromatic N) is 4. The van der Waals surface area contributed by atoms with Gasteiger partial charge in [0.25, 0.3) is 0 Å². The highest BCUT2D eigenvalue weighted by Gasteiger charge is 2.30. The van der Waals surface area contributed by atoms with Crippen molar-refractivity contribution in [3.05, 3.63) is 15.8 Å². The standard InChI is InChI=1S/C13H21N5O2/c1-8-5-4-6-10(7-8)17(3)12-11(18(19)20)9(2)15-13(14)16-12/h8,10H,4-7H2,1-3H3,(H2,14,15,16). The summed E-state index contributed by atoms with van der Waals surface area (Å²) < 4.78 is 0. The predicted octanol–water partition coefficient (Wildman–Crippen LogP) is 2.29. The molecule has 0 amide bonds. The van der Waals surface area contributed by atoms with Gasteiger partial charge in [-0.15, -0.1) is 0 Å². The van der Waals surface area contributed by atoms with E-state index in [1.165, 1.54) is 6.42 Å². The highest BCUT2D eigenvalue weighted by atomic mass is 16.6. The van der Waals surface area contributed by atoms with Gasteiger partial charge in [0.05, 0.1) is 4.92 Å². The van der Waals surface area contributed by atoms with E-state index in [-0.39, 0.29) is 17.7 Å². The van der Waals surface area contributed by atoms with Crippen LogP contribution in [0, 0.1) is 23.0 Å². The van der Waals surface area contributed by atoms with Crippen molar-refractivity contribution in [3.8, 4) is 0 Å². The van der Waals surface area contributed by atoms with Crippen LogP contribution >= 0.6 is 0 Å². The number of hydrogen-bond donors (Lipinski definition) is 1. The van der Waals surface area contributed by atoms with Gasteiger partial charge in [0.1, 0.15) is 5.69 Å². The quantitative estimate of drug-likeness (QED) is 0.673. The Kier molecular flexibility index (Phi) is 4.06. The van der Waals surface area contributed by atoms with Gasteiger partial charge in [0, 0.05) is 13.1 Å². The van der Waals surface area contributed by atoms with Gasteiger partial charge < -0.3 is 10.6 Å². The lowest BCUT2D eigenvalue weighted by Crippen LogP contribution is -2.36. The molecule has 7 heteroatoms. The monoisotopic (exact) mass is 279 g/mol. The molecule has 1 heterocycles. The van der Waals surface area contributed by atoms with Crippen LogP contribution in [0.5, 0.6) is 0 Å². The van der Waals surface area contributed by atoms with E-state index in [9.17, 15) is 10.1 Å². The highest BCUT2D eigenvalue weighted by molar-refractivity contribution is 5.62. The molecular weight excluding hydrogens is 258 g/mol. The minimum Gasteiger partial charge on any atom is -0.368 e. The lowest BCUT2D eigenvalue weighted by molar-refractivity contribution is -0.385. The van der Waals surface area contributed by atoms with Crippen LogP contribution < -0.4 is 10.6 Å². The minimum atomic E-state index is -0.424. The normalized spacial score (nSPS) is 22.6. The van der Waals surface area contributed by atoms with E-state index in [1.807, 2.05) is 11.9 Å². The molecule has 0 bridgehead atoms. The Balaban J connectivity index is 2.37. The largest absolute Gasteiger partial charge is 0.368 e. The number of aromatic nitrogens is 2. The van der Waals surface area contributed by atoms with E-state index in [0.29, 0.717) is 17.4 Å². The molecule has 0 aromatic carbocycles. The second-order valence-corrected chi connectivity index (χ2v) is 5.63. The fourth-order valence-corrected chi connectivity index (χ4v) is 2.96. The molecule has 1 aliphatic rings. The van der Waals surface area contributed by atoms with Crippen molar-refractivity contribution in [2.24, 2.45) is 5.92 Å². The van der Waals surface area contributed by atoms with E-state index < -0.39 is 4.92 Å². The van der Waals surface area contributed by atoms with Gasteiger partial charge in [0.15, 0.2) is 0 Å². The van der Waals surface area contributed by atoms with Crippen molar-refractivity contribution in [2.45, 2.75) is 45.6 Å². The first-order valence-corrected chi connectivity index (χ1v) is 6.91. The summed E-state index contributed by atoms with van der Waals surface area (Å²) in [4.78, 5) is 20.7. The molecule has 2 rings (SSSR count). The van der Waals surface area contributed by atoms with E-state index in [1.54, 1.807) is 6.92 Å². The van der Waals surface area contributed by atoms with Crippen LogP contribution in [-0.4, -0.2) is 28.0 Å². The molecule has 0 spiro atoms. The van der Waals surface area contributed by atoms with Crippen LogP contribution in [0.3, 0.4) is 0 Å². The summed E-state index contributed by atoms with van der Waals surface area (Å²) in [6.07, 6.45) is 4.42. The Labute approximate surface area is 118 Å². The Hall–Kier alpha value is -1.92. The lowest BCUT2D eigenvalue weighted by atomic mass is 9.86. The van der Waals surface area contributed by atoms with Gasteiger partial charge in [-0.05, 0) is 25.7 Å². The zero-order valence-corrected chi connectivity index (χ0v) is 12.2. The average molecular weight is 279 g/mol. The number of hydrogen-bond acceptors (Lipinski definition) is 6. The molecule has 1 fully saturated rings. The van der Waals surface area contributed by atoms with Gasteiger partial charge in [-0.25, -0.2) is 4.98 Å². The summed E-state index contributed by atoms with van der Waals surface area (Å²) in [6.45, 7) is 3.81. The van der Waals surface area contributed by atoms with Crippen molar-refractivity contribution in [1.82, 2.24) is 9.97 Å². The lowest BCUT2D eigenvalue weighted by Gasteiger charge is -2.34. The third kappa shape index (κ3) is 2.81. The van der Waals surface area contributed by atoms with Crippen molar-refractivity contribution in [1.29, 1.82) is 0 Å². The second kappa shape index (κ2) is 5.60. The molecule has 0 saturated heterocycles. The maximum Gasteiger partial charge on any atom is 0.332 e. The molecule has 110 valence electrons. The van der Waals surface area contributed by atoms with E-state index >= 15 is 0 Å². The van der Waals surface area contributed by atoms with Crippen molar-refractivity contribution >= 4 is 17.5 Å². The van der Waals surface area contributed by atoms with E-state index in [0.717, 1.165) is 19.3 Å². The van der Waals surface area contributed by atoms with Crippen molar-refractivity contribution in [2.75, 3.05) is 17.7 Å². The van der Waals surface area contributed by atoms with E-state index in [4.69, 9.17) is 5.73 Å². The van der Waals surface area contributed by atoms with Crippen molar-refractivity contribution in [3.63, 3.8) is 0 Å². The maximum atomic E-state index is 11.3. The van der Waals surface area contributed by atoms with Gasteiger partial charge in [0.2, 0.25) is 11.8 Å². The van der Waals surface area contributed by atoms with Crippen LogP contribution in [-0.2, 0) is 0 Å². The molecule has 2 atom stereocenters. The number of nitrogens with two attached hydrogens (primary N) is 1. The third-order valence-electron chi connectivity index (χ3n) is 4.03. The first-order chi connectivity index (χ1) is 9.40. The van der Waals surface area contributed by atoms with Gasteiger partial charge in [-0.1, -0.05) is 19.8 Å². The molecular formula is C13H21N5O2. The summed E-state index contributed by atoms with van der Waals surface area (Å²) in [5.74, 6) is 1.05. The fraction of sp³-hybridized carbons (Fsp3) is 0.692.